The summed E-state index contributed by atoms with van der Waals surface area (Å²) in [7, 11) is 0. The number of rotatable bonds is 54. The lowest BCUT2D eigenvalue weighted by Gasteiger charge is -2.18. The second-order valence-corrected chi connectivity index (χ2v) is 19.9. The Hall–Kier alpha value is -2.37. The molecular weight excluding hydrogens is 829 g/mol. The van der Waals surface area contributed by atoms with Gasteiger partial charge < -0.3 is 14.2 Å². The molecule has 0 amide bonds. The van der Waals surface area contributed by atoms with Gasteiger partial charge in [-0.05, 0) is 96.3 Å². The molecule has 0 aromatic rings. The Morgan fingerprint density at radius 3 is 0.746 bits per heavy atom. The molecule has 392 valence electrons. The van der Waals surface area contributed by atoms with E-state index in [1.807, 2.05) is 0 Å². The average Bonchev–Trinajstić information content (AvgIpc) is 3.33. The predicted molar refractivity (Wildman–Crippen MR) is 289 cm³/mol. The first kappa shape index (κ1) is 64.6. The van der Waals surface area contributed by atoms with Crippen LogP contribution in [0.5, 0.6) is 0 Å². The fraction of sp³-hybridized carbons (Fsp3) is 0.852. The topological polar surface area (TPSA) is 78.9 Å². The van der Waals surface area contributed by atoms with Gasteiger partial charge in [0, 0.05) is 19.3 Å². The van der Waals surface area contributed by atoms with Crippen LogP contribution in [0.1, 0.15) is 316 Å². The third kappa shape index (κ3) is 54.4. The van der Waals surface area contributed by atoms with Gasteiger partial charge in [0.15, 0.2) is 6.10 Å². The van der Waals surface area contributed by atoms with Gasteiger partial charge in [-0.15, -0.1) is 0 Å². The number of carbonyl (C=O) groups is 3. The van der Waals surface area contributed by atoms with Crippen molar-refractivity contribution in [2.45, 2.75) is 322 Å². The Bertz CT molecular complexity index is 1130. The molecule has 0 fully saturated rings. The van der Waals surface area contributed by atoms with Gasteiger partial charge >= 0.3 is 17.9 Å². The van der Waals surface area contributed by atoms with Gasteiger partial charge in [0.2, 0.25) is 0 Å². The van der Waals surface area contributed by atoms with E-state index >= 15 is 0 Å². The van der Waals surface area contributed by atoms with Crippen molar-refractivity contribution < 1.29 is 28.6 Å². The Labute approximate surface area is 416 Å². The Morgan fingerprint density at radius 1 is 0.284 bits per heavy atom. The standard InChI is InChI=1S/C61H112O6/c1-4-7-10-13-16-19-22-25-28-29-30-31-34-36-39-42-45-48-51-54-60(63)66-57-58(67-61(64)55-52-49-46-43-40-37-33-27-24-21-18-15-12-9-6-3)56-65-59(62)53-50-47-44-41-38-35-32-26-23-20-17-14-11-8-5-2/h26-27,29-30,32-33,58H,4-25,28,31,34-57H2,1-3H3/b30-29-,32-26-,33-27-/t58-/m1/s1. The molecule has 6 nitrogen and oxygen atoms in total. The van der Waals surface area contributed by atoms with Crippen LogP contribution in [0.2, 0.25) is 0 Å². The van der Waals surface area contributed by atoms with E-state index in [1.165, 1.54) is 205 Å². The largest absolute Gasteiger partial charge is 0.462 e. The van der Waals surface area contributed by atoms with E-state index in [9.17, 15) is 14.4 Å². The first-order valence-corrected chi connectivity index (χ1v) is 29.5. The molecule has 0 heterocycles. The van der Waals surface area contributed by atoms with Crippen molar-refractivity contribution in [3.05, 3.63) is 36.5 Å². The first-order chi connectivity index (χ1) is 33.0. The molecule has 6 heteroatoms. The molecule has 0 spiro atoms. The third-order valence-corrected chi connectivity index (χ3v) is 13.1. The highest BCUT2D eigenvalue weighted by Crippen LogP contribution is 2.16. The highest BCUT2D eigenvalue weighted by atomic mass is 16.6. The minimum atomic E-state index is -0.780. The Balaban J connectivity index is 4.36. The zero-order valence-electron chi connectivity index (χ0n) is 44.9. The molecule has 0 rings (SSSR count). The van der Waals surface area contributed by atoms with Gasteiger partial charge in [-0.2, -0.15) is 0 Å². The van der Waals surface area contributed by atoms with Crippen molar-refractivity contribution >= 4 is 17.9 Å². The molecule has 0 aliphatic heterocycles. The monoisotopic (exact) mass is 941 g/mol. The van der Waals surface area contributed by atoms with E-state index in [0.717, 1.165) is 70.6 Å². The summed E-state index contributed by atoms with van der Waals surface area (Å²) in [5.74, 6) is -0.883. The molecule has 0 bridgehead atoms. The molecule has 0 unspecified atom stereocenters. The van der Waals surface area contributed by atoms with Crippen LogP contribution in [0.3, 0.4) is 0 Å². The number of esters is 3. The molecule has 0 aliphatic carbocycles. The van der Waals surface area contributed by atoms with Crippen molar-refractivity contribution in [1.29, 1.82) is 0 Å². The highest BCUT2D eigenvalue weighted by Gasteiger charge is 2.19. The Morgan fingerprint density at radius 2 is 0.493 bits per heavy atom. The zero-order valence-corrected chi connectivity index (χ0v) is 44.9. The first-order valence-electron chi connectivity index (χ1n) is 29.5. The van der Waals surface area contributed by atoms with E-state index in [1.54, 1.807) is 0 Å². The van der Waals surface area contributed by atoms with Crippen LogP contribution in [-0.4, -0.2) is 37.2 Å². The predicted octanol–water partition coefficient (Wildman–Crippen LogP) is 19.7. The molecule has 0 N–H and O–H groups in total. The normalized spacial score (nSPS) is 12.2. The summed E-state index contributed by atoms with van der Waals surface area (Å²) in [6, 6.07) is 0. The summed E-state index contributed by atoms with van der Waals surface area (Å²) in [6.07, 6.45) is 67.0. The number of carbonyl (C=O) groups excluding carboxylic acids is 3. The highest BCUT2D eigenvalue weighted by molar-refractivity contribution is 5.71. The van der Waals surface area contributed by atoms with Crippen LogP contribution in [-0.2, 0) is 28.6 Å². The van der Waals surface area contributed by atoms with Crippen molar-refractivity contribution in [3.63, 3.8) is 0 Å². The van der Waals surface area contributed by atoms with Crippen molar-refractivity contribution in [3.8, 4) is 0 Å². The van der Waals surface area contributed by atoms with Crippen LogP contribution in [0.25, 0.3) is 0 Å². The molecule has 0 saturated heterocycles. The van der Waals surface area contributed by atoms with Gasteiger partial charge in [-0.3, -0.25) is 14.4 Å². The number of hydrogen-bond donors (Lipinski definition) is 0. The summed E-state index contributed by atoms with van der Waals surface area (Å²) in [5.41, 5.74) is 0. The quantitative estimate of drug-likeness (QED) is 0.0262. The molecule has 0 radical (unpaired) electrons. The van der Waals surface area contributed by atoms with Gasteiger partial charge in [-0.1, -0.05) is 237 Å². The summed E-state index contributed by atoms with van der Waals surface area (Å²) >= 11 is 0. The fourth-order valence-corrected chi connectivity index (χ4v) is 8.60. The maximum Gasteiger partial charge on any atom is 0.306 e. The maximum atomic E-state index is 12.8. The molecule has 0 saturated carbocycles. The fourth-order valence-electron chi connectivity index (χ4n) is 8.60. The number of unbranched alkanes of at least 4 members (excludes halogenated alkanes) is 37. The second-order valence-electron chi connectivity index (χ2n) is 19.9. The Kier molecular flexibility index (Phi) is 54.2. The zero-order chi connectivity index (χ0) is 48.6. The molecule has 0 aromatic carbocycles. The third-order valence-electron chi connectivity index (χ3n) is 13.1. The summed E-state index contributed by atoms with van der Waals surface area (Å²) < 4.78 is 16.9. The molecule has 0 aliphatic rings. The van der Waals surface area contributed by atoms with Gasteiger partial charge in [0.05, 0.1) is 0 Å². The van der Waals surface area contributed by atoms with E-state index < -0.39 is 6.10 Å². The lowest BCUT2D eigenvalue weighted by molar-refractivity contribution is -0.167. The smallest absolute Gasteiger partial charge is 0.306 e. The SMILES string of the molecule is CCCCCCCC/C=C\CCCCCCCC(=O)OC[C@H](COC(=O)CCCCCCCCC/C=C\CCCCCCCCCC)OC(=O)CCCCCCC/C=C\CCCCCCCC. The van der Waals surface area contributed by atoms with E-state index in [4.69, 9.17) is 14.2 Å². The lowest BCUT2D eigenvalue weighted by atomic mass is 10.1. The number of ether oxygens (including phenoxy) is 3. The van der Waals surface area contributed by atoms with Crippen LogP contribution in [0.15, 0.2) is 36.5 Å². The van der Waals surface area contributed by atoms with Gasteiger partial charge in [0.1, 0.15) is 13.2 Å². The molecule has 1 atom stereocenters. The van der Waals surface area contributed by atoms with Gasteiger partial charge in [-0.25, -0.2) is 0 Å². The van der Waals surface area contributed by atoms with Crippen molar-refractivity contribution in [1.82, 2.24) is 0 Å². The van der Waals surface area contributed by atoms with Crippen molar-refractivity contribution in [2.75, 3.05) is 13.2 Å². The van der Waals surface area contributed by atoms with Crippen molar-refractivity contribution in [2.24, 2.45) is 0 Å². The molecule has 0 aromatic heterocycles. The average molecular weight is 942 g/mol. The summed E-state index contributed by atoms with van der Waals surface area (Å²) in [5, 5.41) is 0. The van der Waals surface area contributed by atoms with Crippen LogP contribution >= 0.6 is 0 Å². The second kappa shape index (κ2) is 56.2. The number of allylic oxidation sites excluding steroid dienone is 6. The summed E-state index contributed by atoms with van der Waals surface area (Å²) in [4.78, 5) is 38.2. The lowest BCUT2D eigenvalue weighted by Crippen LogP contribution is -2.30. The minimum Gasteiger partial charge on any atom is -0.462 e. The van der Waals surface area contributed by atoms with Crippen LogP contribution in [0.4, 0.5) is 0 Å². The van der Waals surface area contributed by atoms with Gasteiger partial charge in [0.25, 0.3) is 0 Å². The summed E-state index contributed by atoms with van der Waals surface area (Å²) in [6.45, 7) is 6.65. The number of hydrogen-bond acceptors (Lipinski definition) is 6. The van der Waals surface area contributed by atoms with Crippen LogP contribution < -0.4 is 0 Å². The minimum absolute atomic E-state index is 0.0782. The maximum absolute atomic E-state index is 12.8. The van der Waals surface area contributed by atoms with E-state index in [0.29, 0.717) is 19.3 Å². The molecular formula is C61H112O6. The van der Waals surface area contributed by atoms with E-state index in [-0.39, 0.29) is 31.1 Å². The van der Waals surface area contributed by atoms with Crippen LogP contribution in [0, 0.1) is 0 Å². The molecule has 67 heavy (non-hydrogen) atoms. The van der Waals surface area contributed by atoms with E-state index in [2.05, 4.69) is 57.2 Å².